The van der Waals surface area contributed by atoms with Gasteiger partial charge < -0.3 is 5.32 Å². The highest BCUT2D eigenvalue weighted by atomic mass is 35.5. The molecular weight excluding hydrogens is 240 g/mol. The van der Waals surface area contributed by atoms with Crippen molar-refractivity contribution >= 4 is 29.1 Å². The summed E-state index contributed by atoms with van der Waals surface area (Å²) in [4.78, 5) is 5.32. The Balaban J connectivity index is 1.94. The molecule has 2 aromatic rings. The maximum Gasteiger partial charge on any atom is 0.104 e. The zero-order valence-corrected chi connectivity index (χ0v) is 9.92. The van der Waals surface area contributed by atoms with E-state index in [0.29, 0.717) is 0 Å². The number of pyridine rings is 1. The SMILES string of the molecule is Clc1cccc2c1NC(c1cccnc1)S2. The van der Waals surface area contributed by atoms with Crippen molar-refractivity contribution in [1.82, 2.24) is 4.98 Å². The van der Waals surface area contributed by atoms with Crippen molar-refractivity contribution in [3.63, 3.8) is 0 Å². The molecule has 1 aromatic carbocycles. The van der Waals surface area contributed by atoms with E-state index in [1.165, 1.54) is 10.5 Å². The van der Waals surface area contributed by atoms with Crippen LogP contribution in [0.25, 0.3) is 0 Å². The molecule has 1 atom stereocenters. The molecule has 1 aliphatic rings. The Morgan fingerprint density at radius 3 is 2.94 bits per heavy atom. The lowest BCUT2D eigenvalue weighted by Crippen LogP contribution is -2.01. The quantitative estimate of drug-likeness (QED) is 0.827. The minimum absolute atomic E-state index is 0.212. The van der Waals surface area contributed by atoms with Crippen molar-refractivity contribution in [2.75, 3.05) is 5.32 Å². The number of rotatable bonds is 1. The van der Waals surface area contributed by atoms with Crippen LogP contribution in [0.2, 0.25) is 5.02 Å². The number of anilines is 1. The van der Waals surface area contributed by atoms with Crippen LogP contribution in [0.15, 0.2) is 47.6 Å². The molecule has 4 heteroatoms. The van der Waals surface area contributed by atoms with Gasteiger partial charge in [-0.25, -0.2) is 0 Å². The molecule has 1 aromatic heterocycles. The van der Waals surface area contributed by atoms with Crippen molar-refractivity contribution in [2.24, 2.45) is 0 Å². The largest absolute Gasteiger partial charge is 0.367 e. The van der Waals surface area contributed by atoms with Gasteiger partial charge in [0.15, 0.2) is 0 Å². The number of para-hydroxylation sites is 1. The molecular formula is C12H9ClN2S. The minimum atomic E-state index is 0.212. The molecule has 2 heterocycles. The molecule has 0 radical (unpaired) electrons. The number of halogens is 1. The minimum Gasteiger partial charge on any atom is -0.367 e. The van der Waals surface area contributed by atoms with E-state index in [0.717, 1.165) is 10.7 Å². The summed E-state index contributed by atoms with van der Waals surface area (Å²) in [6, 6.07) is 9.97. The number of nitrogens with zero attached hydrogens (tertiary/aromatic N) is 1. The Morgan fingerprint density at radius 2 is 2.19 bits per heavy atom. The van der Waals surface area contributed by atoms with Gasteiger partial charge >= 0.3 is 0 Å². The summed E-state index contributed by atoms with van der Waals surface area (Å²) in [5.41, 5.74) is 2.20. The van der Waals surface area contributed by atoms with Gasteiger partial charge in [0.25, 0.3) is 0 Å². The first kappa shape index (κ1) is 10.00. The second-order valence-corrected chi connectivity index (χ2v) is 5.10. The third-order valence-corrected chi connectivity index (χ3v) is 4.02. The number of aromatic nitrogens is 1. The van der Waals surface area contributed by atoms with Crippen molar-refractivity contribution in [3.05, 3.63) is 53.3 Å². The van der Waals surface area contributed by atoms with Crippen LogP contribution >= 0.6 is 23.4 Å². The molecule has 0 fully saturated rings. The van der Waals surface area contributed by atoms with Crippen LogP contribution < -0.4 is 5.32 Å². The van der Waals surface area contributed by atoms with E-state index < -0.39 is 0 Å². The zero-order valence-electron chi connectivity index (χ0n) is 8.35. The van der Waals surface area contributed by atoms with E-state index in [2.05, 4.69) is 22.4 Å². The van der Waals surface area contributed by atoms with E-state index >= 15 is 0 Å². The summed E-state index contributed by atoms with van der Waals surface area (Å²) in [5, 5.41) is 4.40. The first-order chi connectivity index (χ1) is 7.84. The summed E-state index contributed by atoms with van der Waals surface area (Å²) in [6.45, 7) is 0. The van der Waals surface area contributed by atoms with Gasteiger partial charge in [0, 0.05) is 22.9 Å². The molecule has 0 bridgehead atoms. The Bertz CT molecular complexity index is 516. The standard InChI is InChI=1S/C12H9ClN2S/c13-9-4-1-5-10-11(9)15-12(16-10)8-3-2-6-14-7-8/h1-7,12,15H. The van der Waals surface area contributed by atoms with Crippen LogP contribution in [0.1, 0.15) is 10.9 Å². The highest BCUT2D eigenvalue weighted by Gasteiger charge is 2.24. The molecule has 0 aliphatic carbocycles. The summed E-state index contributed by atoms with van der Waals surface area (Å²) in [6.07, 6.45) is 3.66. The fourth-order valence-electron chi connectivity index (χ4n) is 1.71. The smallest absolute Gasteiger partial charge is 0.104 e. The lowest BCUT2D eigenvalue weighted by atomic mass is 10.2. The lowest BCUT2D eigenvalue weighted by Gasteiger charge is -2.09. The van der Waals surface area contributed by atoms with Gasteiger partial charge in [-0.1, -0.05) is 35.5 Å². The van der Waals surface area contributed by atoms with Crippen molar-refractivity contribution in [2.45, 2.75) is 10.3 Å². The molecule has 2 nitrogen and oxygen atoms in total. The van der Waals surface area contributed by atoms with Crippen molar-refractivity contribution < 1.29 is 0 Å². The third-order valence-electron chi connectivity index (χ3n) is 2.48. The highest BCUT2D eigenvalue weighted by molar-refractivity contribution is 8.00. The van der Waals surface area contributed by atoms with Crippen LogP contribution in [0.4, 0.5) is 5.69 Å². The number of benzene rings is 1. The first-order valence-electron chi connectivity index (χ1n) is 4.96. The van der Waals surface area contributed by atoms with Crippen LogP contribution in [-0.4, -0.2) is 4.98 Å². The molecule has 0 spiro atoms. The van der Waals surface area contributed by atoms with Gasteiger partial charge in [-0.05, 0) is 18.2 Å². The molecule has 0 saturated heterocycles. The van der Waals surface area contributed by atoms with Crippen LogP contribution in [0.5, 0.6) is 0 Å². The summed E-state index contributed by atoms with van der Waals surface area (Å²) in [7, 11) is 0. The second-order valence-electron chi connectivity index (χ2n) is 3.54. The van der Waals surface area contributed by atoms with Crippen LogP contribution in [-0.2, 0) is 0 Å². The monoisotopic (exact) mass is 248 g/mol. The van der Waals surface area contributed by atoms with E-state index in [4.69, 9.17) is 11.6 Å². The maximum absolute atomic E-state index is 6.13. The van der Waals surface area contributed by atoms with Crippen LogP contribution in [0, 0.1) is 0 Å². The van der Waals surface area contributed by atoms with E-state index in [-0.39, 0.29) is 5.37 Å². The van der Waals surface area contributed by atoms with Gasteiger partial charge in [-0.2, -0.15) is 0 Å². The van der Waals surface area contributed by atoms with Gasteiger partial charge in [0.05, 0.1) is 10.7 Å². The molecule has 0 amide bonds. The summed E-state index contributed by atoms with van der Waals surface area (Å²) < 4.78 is 0. The van der Waals surface area contributed by atoms with E-state index in [1.54, 1.807) is 18.0 Å². The van der Waals surface area contributed by atoms with Gasteiger partial charge in [-0.3, -0.25) is 4.98 Å². The fraction of sp³-hybridized carbons (Fsp3) is 0.0833. The number of fused-ring (bicyclic) bond motifs is 1. The normalized spacial score (nSPS) is 17.9. The molecule has 16 heavy (non-hydrogen) atoms. The summed E-state index contributed by atoms with van der Waals surface area (Å²) >= 11 is 7.90. The Kier molecular flexibility index (Phi) is 2.50. The molecule has 0 saturated carbocycles. The Morgan fingerprint density at radius 1 is 1.25 bits per heavy atom. The summed E-state index contributed by atoms with van der Waals surface area (Å²) in [5.74, 6) is 0. The Hall–Kier alpha value is -1.19. The lowest BCUT2D eigenvalue weighted by molar-refractivity contribution is 1.10. The zero-order chi connectivity index (χ0) is 11.0. The molecule has 1 N–H and O–H groups in total. The van der Waals surface area contributed by atoms with E-state index in [9.17, 15) is 0 Å². The first-order valence-corrected chi connectivity index (χ1v) is 6.22. The fourth-order valence-corrected chi connectivity index (χ4v) is 3.15. The van der Waals surface area contributed by atoms with Crippen molar-refractivity contribution in [1.29, 1.82) is 0 Å². The molecule has 1 unspecified atom stereocenters. The Labute approximate surface area is 103 Å². The molecule has 80 valence electrons. The maximum atomic E-state index is 6.13. The van der Waals surface area contributed by atoms with Crippen molar-refractivity contribution in [3.8, 4) is 0 Å². The predicted octanol–water partition coefficient (Wildman–Crippen LogP) is 3.95. The molecule has 3 rings (SSSR count). The number of thioether (sulfide) groups is 1. The third kappa shape index (κ3) is 1.66. The van der Waals surface area contributed by atoms with Gasteiger partial charge in [0.2, 0.25) is 0 Å². The molecule has 1 aliphatic heterocycles. The van der Waals surface area contributed by atoms with Gasteiger partial charge in [-0.15, -0.1) is 0 Å². The predicted molar refractivity (Wildman–Crippen MR) is 67.9 cm³/mol. The topological polar surface area (TPSA) is 24.9 Å². The van der Waals surface area contributed by atoms with Gasteiger partial charge in [0.1, 0.15) is 5.37 Å². The number of hydrogen-bond donors (Lipinski definition) is 1. The number of nitrogens with one attached hydrogen (secondary N) is 1. The average Bonchev–Trinajstić information content (AvgIpc) is 2.76. The highest BCUT2D eigenvalue weighted by Crippen LogP contribution is 2.48. The van der Waals surface area contributed by atoms with E-state index in [1.807, 2.05) is 24.4 Å². The van der Waals surface area contributed by atoms with Crippen LogP contribution in [0.3, 0.4) is 0 Å². The average molecular weight is 249 g/mol. The second kappa shape index (κ2) is 4.00. The number of hydrogen-bond acceptors (Lipinski definition) is 3.